The first-order valence-electron chi connectivity index (χ1n) is 10.6. The summed E-state index contributed by atoms with van der Waals surface area (Å²) in [6, 6.07) is -0.444. The van der Waals surface area contributed by atoms with Crippen molar-refractivity contribution in [3.05, 3.63) is 0 Å². The molecule has 0 radical (unpaired) electrons. The number of nitrogens with one attached hydrogen (secondary N) is 3. The summed E-state index contributed by atoms with van der Waals surface area (Å²) in [4.78, 5) is 24.2. The number of nitrogens with two attached hydrogens (primary N) is 1. The average molecular weight is 371 g/mol. The molecule has 6 heteroatoms. The van der Waals surface area contributed by atoms with Gasteiger partial charge in [-0.3, -0.25) is 9.59 Å². The predicted octanol–water partition coefficient (Wildman–Crippen LogP) is 2.81. The van der Waals surface area contributed by atoms with Crippen LogP contribution in [0.15, 0.2) is 0 Å². The van der Waals surface area contributed by atoms with Crippen LogP contribution in [0.2, 0.25) is 0 Å². The van der Waals surface area contributed by atoms with Crippen molar-refractivity contribution in [2.75, 3.05) is 19.8 Å². The Balaban J connectivity index is 3.88. The molecule has 0 aromatic heterocycles. The highest BCUT2D eigenvalue weighted by molar-refractivity contribution is 5.87. The highest BCUT2D eigenvalue weighted by Crippen LogP contribution is 2.10. The van der Waals surface area contributed by atoms with Gasteiger partial charge in [-0.15, -0.1) is 0 Å². The van der Waals surface area contributed by atoms with Crippen molar-refractivity contribution in [2.24, 2.45) is 5.73 Å². The van der Waals surface area contributed by atoms with E-state index in [0.717, 1.165) is 25.8 Å². The van der Waals surface area contributed by atoms with Crippen LogP contribution in [0.4, 0.5) is 0 Å². The summed E-state index contributed by atoms with van der Waals surface area (Å²) in [5.41, 5.74) is 5.39. The van der Waals surface area contributed by atoms with Crippen LogP contribution < -0.4 is 21.7 Å². The maximum atomic E-state index is 12.1. The van der Waals surface area contributed by atoms with E-state index >= 15 is 0 Å². The lowest BCUT2D eigenvalue weighted by atomic mass is 10.1. The van der Waals surface area contributed by atoms with E-state index in [-0.39, 0.29) is 11.8 Å². The Kier molecular flexibility index (Phi) is 17.8. The second-order valence-electron chi connectivity index (χ2n) is 6.94. The van der Waals surface area contributed by atoms with Crippen LogP contribution in [-0.2, 0) is 9.59 Å². The van der Waals surface area contributed by atoms with E-state index in [1.54, 1.807) is 0 Å². The van der Waals surface area contributed by atoms with Crippen LogP contribution >= 0.6 is 0 Å². The third-order valence-corrected chi connectivity index (χ3v) is 4.50. The Bertz CT molecular complexity index is 351. The topological polar surface area (TPSA) is 96.2 Å². The standard InChI is InChI=1S/C20H42N4O2/c1-3-5-6-7-8-9-10-11-12-15-19(25)24-18(20(26)23-4-2)14-13-16-22-17-21/h18,22H,3-17,21H2,1-2H3,(H,23,26)(H,24,25). The molecule has 1 unspecified atom stereocenters. The number of likely N-dealkylation sites (N-methyl/N-ethyl adjacent to an activating group) is 1. The fraction of sp³-hybridized carbons (Fsp3) is 0.900. The van der Waals surface area contributed by atoms with Crippen molar-refractivity contribution in [1.29, 1.82) is 0 Å². The van der Waals surface area contributed by atoms with Crippen molar-refractivity contribution in [1.82, 2.24) is 16.0 Å². The van der Waals surface area contributed by atoms with Gasteiger partial charge in [0.1, 0.15) is 6.04 Å². The van der Waals surface area contributed by atoms with Crippen LogP contribution in [0.5, 0.6) is 0 Å². The van der Waals surface area contributed by atoms with Crippen LogP contribution in [0, 0.1) is 0 Å². The fourth-order valence-corrected chi connectivity index (χ4v) is 2.96. The third kappa shape index (κ3) is 15.1. The number of amides is 2. The van der Waals surface area contributed by atoms with Crippen molar-refractivity contribution in [3.63, 3.8) is 0 Å². The van der Waals surface area contributed by atoms with Crippen LogP contribution in [0.25, 0.3) is 0 Å². The SMILES string of the molecule is CCCCCCCCCCCC(=O)NC(CCCNCN)C(=O)NCC. The smallest absolute Gasteiger partial charge is 0.242 e. The molecule has 26 heavy (non-hydrogen) atoms. The first-order valence-corrected chi connectivity index (χ1v) is 10.6. The summed E-state index contributed by atoms with van der Waals surface area (Å²) in [5.74, 6) is -0.114. The molecule has 1 atom stereocenters. The normalized spacial score (nSPS) is 12.0. The average Bonchev–Trinajstić information content (AvgIpc) is 2.63. The van der Waals surface area contributed by atoms with Gasteiger partial charge in [0.15, 0.2) is 0 Å². The highest BCUT2D eigenvalue weighted by atomic mass is 16.2. The Morgan fingerprint density at radius 2 is 1.50 bits per heavy atom. The fourth-order valence-electron chi connectivity index (χ4n) is 2.96. The van der Waals surface area contributed by atoms with E-state index in [4.69, 9.17) is 5.73 Å². The van der Waals surface area contributed by atoms with Crippen molar-refractivity contribution >= 4 is 11.8 Å². The zero-order chi connectivity index (χ0) is 19.5. The molecule has 6 nitrogen and oxygen atoms in total. The van der Waals surface area contributed by atoms with Crippen LogP contribution in [0.3, 0.4) is 0 Å². The number of carbonyl (C=O) groups excluding carboxylic acids is 2. The molecule has 0 heterocycles. The number of carbonyl (C=O) groups is 2. The molecular weight excluding hydrogens is 328 g/mol. The molecule has 0 aliphatic heterocycles. The summed E-state index contributed by atoms with van der Waals surface area (Å²) in [6.45, 7) is 5.87. The van der Waals surface area contributed by atoms with E-state index < -0.39 is 6.04 Å². The predicted molar refractivity (Wildman–Crippen MR) is 109 cm³/mol. The van der Waals surface area contributed by atoms with Gasteiger partial charge in [-0.25, -0.2) is 0 Å². The van der Waals surface area contributed by atoms with Crippen molar-refractivity contribution in [2.45, 2.75) is 96.9 Å². The second kappa shape index (κ2) is 18.6. The van der Waals surface area contributed by atoms with E-state index in [1.165, 1.54) is 44.9 Å². The molecule has 0 spiro atoms. The van der Waals surface area contributed by atoms with Gasteiger partial charge in [-0.2, -0.15) is 0 Å². The number of unbranched alkanes of at least 4 members (excludes halogenated alkanes) is 8. The van der Waals surface area contributed by atoms with Gasteiger partial charge in [0.2, 0.25) is 11.8 Å². The molecule has 0 rings (SSSR count). The molecule has 0 aromatic rings. The third-order valence-electron chi connectivity index (χ3n) is 4.50. The Hall–Kier alpha value is -1.14. The van der Waals surface area contributed by atoms with Gasteiger partial charge in [-0.1, -0.05) is 58.3 Å². The molecule has 0 saturated carbocycles. The Morgan fingerprint density at radius 3 is 2.08 bits per heavy atom. The lowest BCUT2D eigenvalue weighted by Crippen LogP contribution is -2.47. The van der Waals surface area contributed by atoms with Gasteiger partial charge in [0, 0.05) is 19.6 Å². The summed E-state index contributed by atoms with van der Waals surface area (Å²) in [7, 11) is 0. The lowest BCUT2D eigenvalue weighted by molar-refractivity contribution is -0.129. The quantitative estimate of drug-likeness (QED) is 0.220. The van der Waals surface area contributed by atoms with Crippen molar-refractivity contribution < 1.29 is 9.59 Å². The second-order valence-corrected chi connectivity index (χ2v) is 6.94. The minimum Gasteiger partial charge on any atom is -0.355 e. The van der Waals surface area contributed by atoms with Crippen LogP contribution in [-0.4, -0.2) is 37.6 Å². The zero-order valence-corrected chi connectivity index (χ0v) is 17.1. The maximum absolute atomic E-state index is 12.1. The van der Waals surface area contributed by atoms with E-state index in [2.05, 4.69) is 22.9 Å². The Morgan fingerprint density at radius 1 is 0.885 bits per heavy atom. The van der Waals surface area contributed by atoms with Crippen LogP contribution in [0.1, 0.15) is 90.9 Å². The first kappa shape index (κ1) is 24.9. The van der Waals surface area contributed by atoms with Gasteiger partial charge in [0.25, 0.3) is 0 Å². The number of hydrogen-bond acceptors (Lipinski definition) is 4. The number of rotatable bonds is 18. The largest absolute Gasteiger partial charge is 0.355 e. The summed E-state index contributed by atoms with van der Waals surface area (Å²) in [5, 5.41) is 8.72. The minimum absolute atomic E-state index is 0.0176. The summed E-state index contributed by atoms with van der Waals surface area (Å²) < 4.78 is 0. The summed E-state index contributed by atoms with van der Waals surface area (Å²) in [6.07, 6.45) is 13.0. The lowest BCUT2D eigenvalue weighted by Gasteiger charge is -2.18. The molecule has 0 aliphatic rings. The molecule has 2 amide bonds. The molecule has 0 saturated heterocycles. The summed E-state index contributed by atoms with van der Waals surface area (Å²) >= 11 is 0. The first-order chi connectivity index (χ1) is 12.7. The Labute approximate surface area is 160 Å². The van der Waals surface area contributed by atoms with Gasteiger partial charge in [0.05, 0.1) is 0 Å². The maximum Gasteiger partial charge on any atom is 0.242 e. The zero-order valence-electron chi connectivity index (χ0n) is 17.1. The van der Waals surface area contributed by atoms with E-state index in [0.29, 0.717) is 26.1 Å². The van der Waals surface area contributed by atoms with Crippen molar-refractivity contribution in [3.8, 4) is 0 Å². The highest BCUT2D eigenvalue weighted by Gasteiger charge is 2.19. The molecule has 0 bridgehead atoms. The molecule has 154 valence electrons. The molecule has 0 aromatic carbocycles. The molecular formula is C20H42N4O2. The number of hydrogen-bond donors (Lipinski definition) is 4. The molecule has 0 aliphatic carbocycles. The molecule has 0 fully saturated rings. The van der Waals surface area contributed by atoms with Gasteiger partial charge >= 0.3 is 0 Å². The van der Waals surface area contributed by atoms with E-state index in [9.17, 15) is 9.59 Å². The van der Waals surface area contributed by atoms with E-state index in [1.807, 2.05) is 6.92 Å². The minimum atomic E-state index is -0.444. The monoisotopic (exact) mass is 370 g/mol. The molecule has 5 N–H and O–H groups in total. The van der Waals surface area contributed by atoms with Gasteiger partial charge in [-0.05, 0) is 32.7 Å². The van der Waals surface area contributed by atoms with Gasteiger partial charge < -0.3 is 21.7 Å².